The van der Waals surface area contributed by atoms with Crippen LogP contribution in [0.25, 0.3) is 0 Å². The van der Waals surface area contributed by atoms with Gasteiger partial charge >= 0.3 is 0 Å². The molecule has 0 unspecified atom stereocenters. The first kappa shape index (κ1) is 13.5. The van der Waals surface area contributed by atoms with Crippen LogP contribution in [0.5, 0.6) is 0 Å². The number of carbonyl (C=O) groups is 1. The highest BCUT2D eigenvalue weighted by atomic mass is 16.1. The Labute approximate surface area is 114 Å². The van der Waals surface area contributed by atoms with E-state index in [1.807, 2.05) is 25.1 Å². The summed E-state index contributed by atoms with van der Waals surface area (Å²) in [6.45, 7) is 4.18. The van der Waals surface area contributed by atoms with Gasteiger partial charge in [-0.15, -0.1) is 0 Å². The first-order chi connectivity index (χ1) is 9.24. The van der Waals surface area contributed by atoms with Gasteiger partial charge in [0, 0.05) is 24.4 Å². The van der Waals surface area contributed by atoms with Crippen LogP contribution >= 0.6 is 0 Å². The van der Waals surface area contributed by atoms with E-state index >= 15 is 0 Å². The first-order valence-electron chi connectivity index (χ1n) is 6.78. The zero-order chi connectivity index (χ0) is 13.7. The minimum Gasteiger partial charge on any atom is -0.294 e. The Morgan fingerprint density at radius 1 is 1.00 bits per heavy atom. The lowest BCUT2D eigenvalue weighted by atomic mass is 9.98. The molecule has 1 heterocycles. The molecule has 0 saturated heterocycles. The largest absolute Gasteiger partial charge is 0.294 e. The Balaban J connectivity index is 2.16. The molecule has 0 aliphatic carbocycles. The zero-order valence-corrected chi connectivity index (χ0v) is 11.5. The maximum atomic E-state index is 12.3. The average Bonchev–Trinajstić information content (AvgIpc) is 2.48. The third-order valence-corrected chi connectivity index (χ3v) is 3.38. The van der Waals surface area contributed by atoms with E-state index in [0.717, 1.165) is 29.5 Å². The number of rotatable bonds is 5. The van der Waals surface area contributed by atoms with Gasteiger partial charge < -0.3 is 0 Å². The van der Waals surface area contributed by atoms with Crippen LogP contribution in [0, 0.1) is 0 Å². The molecule has 2 aromatic rings. The van der Waals surface area contributed by atoms with Crippen molar-refractivity contribution in [1.29, 1.82) is 0 Å². The molecule has 0 radical (unpaired) electrons. The van der Waals surface area contributed by atoms with Crippen molar-refractivity contribution in [2.45, 2.75) is 33.1 Å². The molecular weight excluding hydrogens is 234 g/mol. The van der Waals surface area contributed by atoms with Crippen LogP contribution in [-0.4, -0.2) is 10.8 Å². The van der Waals surface area contributed by atoms with Gasteiger partial charge in [-0.2, -0.15) is 0 Å². The molecule has 2 heteroatoms. The van der Waals surface area contributed by atoms with Gasteiger partial charge in [0.05, 0.1) is 0 Å². The van der Waals surface area contributed by atoms with Crippen LogP contribution in [0.15, 0.2) is 42.7 Å². The normalized spacial score (nSPS) is 10.4. The lowest BCUT2D eigenvalue weighted by molar-refractivity contribution is 0.0992. The van der Waals surface area contributed by atoms with E-state index in [9.17, 15) is 4.79 Å². The smallest absolute Gasteiger partial charge is 0.167 e. The number of Topliss-reactive ketones (excluding diaryl/α,β-unsaturated/α-hetero) is 1. The summed E-state index contributed by atoms with van der Waals surface area (Å²) in [5.74, 6) is 0.170. The predicted molar refractivity (Wildman–Crippen MR) is 77.5 cm³/mol. The second kappa shape index (κ2) is 6.28. The van der Waals surface area contributed by atoms with Crippen molar-refractivity contribution in [3.63, 3.8) is 0 Å². The maximum absolute atomic E-state index is 12.3. The standard InChI is InChI=1S/C17H19NO/c1-3-13-5-7-14(8-6-13)11-17(19)16-9-10-18-12-15(16)4-2/h5-10,12H,3-4,11H2,1-2H3. The lowest BCUT2D eigenvalue weighted by Crippen LogP contribution is -2.07. The topological polar surface area (TPSA) is 30.0 Å². The molecule has 0 fully saturated rings. The highest BCUT2D eigenvalue weighted by molar-refractivity contribution is 5.98. The fraction of sp³-hybridized carbons (Fsp3) is 0.294. The van der Waals surface area contributed by atoms with Crippen molar-refractivity contribution in [2.75, 3.05) is 0 Å². The number of hydrogen-bond acceptors (Lipinski definition) is 2. The van der Waals surface area contributed by atoms with Crippen molar-refractivity contribution in [1.82, 2.24) is 4.98 Å². The molecule has 2 nitrogen and oxygen atoms in total. The summed E-state index contributed by atoms with van der Waals surface area (Å²) < 4.78 is 0. The zero-order valence-electron chi connectivity index (χ0n) is 11.5. The van der Waals surface area contributed by atoms with Crippen molar-refractivity contribution in [2.24, 2.45) is 0 Å². The maximum Gasteiger partial charge on any atom is 0.167 e. The molecule has 19 heavy (non-hydrogen) atoms. The third kappa shape index (κ3) is 3.28. The highest BCUT2D eigenvalue weighted by Gasteiger charge is 2.10. The van der Waals surface area contributed by atoms with Crippen LogP contribution in [0.4, 0.5) is 0 Å². The van der Waals surface area contributed by atoms with E-state index < -0.39 is 0 Å². The summed E-state index contributed by atoms with van der Waals surface area (Å²) in [4.78, 5) is 16.4. The number of carbonyl (C=O) groups excluding carboxylic acids is 1. The van der Waals surface area contributed by atoms with Crippen molar-refractivity contribution in [3.8, 4) is 0 Å². The Kier molecular flexibility index (Phi) is 4.45. The van der Waals surface area contributed by atoms with Crippen molar-refractivity contribution < 1.29 is 4.79 Å². The summed E-state index contributed by atoms with van der Waals surface area (Å²) in [5.41, 5.74) is 4.20. The van der Waals surface area contributed by atoms with Gasteiger partial charge in [-0.05, 0) is 35.6 Å². The number of aryl methyl sites for hydroxylation is 2. The summed E-state index contributed by atoms with van der Waals surface area (Å²) in [7, 11) is 0. The van der Waals surface area contributed by atoms with E-state index in [1.165, 1.54) is 5.56 Å². The molecule has 0 spiro atoms. The second-order valence-corrected chi connectivity index (χ2v) is 4.66. The first-order valence-corrected chi connectivity index (χ1v) is 6.78. The van der Waals surface area contributed by atoms with E-state index in [-0.39, 0.29) is 5.78 Å². The molecule has 0 bridgehead atoms. The van der Waals surface area contributed by atoms with Crippen molar-refractivity contribution in [3.05, 3.63) is 65.0 Å². The molecule has 0 aliphatic heterocycles. The summed E-state index contributed by atoms with van der Waals surface area (Å²) >= 11 is 0. The number of aromatic nitrogens is 1. The van der Waals surface area contributed by atoms with Gasteiger partial charge in [0.2, 0.25) is 0 Å². The Hall–Kier alpha value is -1.96. The van der Waals surface area contributed by atoms with Crippen LogP contribution in [0.1, 0.15) is 40.9 Å². The van der Waals surface area contributed by atoms with Crippen LogP contribution in [0.2, 0.25) is 0 Å². The SMILES string of the molecule is CCc1ccc(CC(=O)c2ccncc2CC)cc1. The van der Waals surface area contributed by atoms with E-state index in [2.05, 4.69) is 24.0 Å². The number of pyridine rings is 1. The Morgan fingerprint density at radius 3 is 2.32 bits per heavy atom. The molecule has 0 N–H and O–H groups in total. The minimum atomic E-state index is 0.170. The van der Waals surface area contributed by atoms with E-state index in [1.54, 1.807) is 12.4 Å². The number of nitrogens with zero attached hydrogens (tertiary/aromatic N) is 1. The molecule has 2 rings (SSSR count). The van der Waals surface area contributed by atoms with Gasteiger partial charge in [-0.3, -0.25) is 9.78 Å². The number of benzene rings is 1. The summed E-state index contributed by atoms with van der Waals surface area (Å²) in [6.07, 6.45) is 5.79. The minimum absolute atomic E-state index is 0.170. The lowest BCUT2D eigenvalue weighted by Gasteiger charge is -2.06. The van der Waals surface area contributed by atoms with Gasteiger partial charge in [-0.1, -0.05) is 38.1 Å². The predicted octanol–water partition coefficient (Wildman–Crippen LogP) is 3.63. The molecule has 1 aromatic heterocycles. The molecule has 98 valence electrons. The summed E-state index contributed by atoms with van der Waals surface area (Å²) in [6, 6.07) is 10.1. The molecule has 0 aliphatic rings. The van der Waals surface area contributed by atoms with Gasteiger partial charge in [0.25, 0.3) is 0 Å². The third-order valence-electron chi connectivity index (χ3n) is 3.38. The number of hydrogen-bond donors (Lipinski definition) is 0. The Morgan fingerprint density at radius 2 is 1.68 bits per heavy atom. The van der Waals surface area contributed by atoms with Crippen LogP contribution in [0.3, 0.4) is 0 Å². The van der Waals surface area contributed by atoms with E-state index in [4.69, 9.17) is 0 Å². The summed E-state index contributed by atoms with van der Waals surface area (Å²) in [5, 5.41) is 0. The van der Waals surface area contributed by atoms with Crippen LogP contribution < -0.4 is 0 Å². The fourth-order valence-corrected chi connectivity index (χ4v) is 2.15. The van der Waals surface area contributed by atoms with Gasteiger partial charge in [0.15, 0.2) is 5.78 Å². The molecule has 0 amide bonds. The molecule has 1 aromatic carbocycles. The van der Waals surface area contributed by atoms with Gasteiger partial charge in [0.1, 0.15) is 0 Å². The van der Waals surface area contributed by atoms with Crippen LogP contribution in [-0.2, 0) is 19.3 Å². The van der Waals surface area contributed by atoms with E-state index in [0.29, 0.717) is 6.42 Å². The fourth-order valence-electron chi connectivity index (χ4n) is 2.15. The average molecular weight is 253 g/mol. The molecule has 0 saturated carbocycles. The highest BCUT2D eigenvalue weighted by Crippen LogP contribution is 2.13. The molecule has 0 atom stereocenters. The number of ketones is 1. The van der Waals surface area contributed by atoms with Gasteiger partial charge in [-0.25, -0.2) is 0 Å². The Bertz CT molecular complexity index is 558. The molecular formula is C17H19NO. The van der Waals surface area contributed by atoms with Crippen molar-refractivity contribution >= 4 is 5.78 Å². The quantitative estimate of drug-likeness (QED) is 0.762. The monoisotopic (exact) mass is 253 g/mol. The second-order valence-electron chi connectivity index (χ2n) is 4.66.